The van der Waals surface area contributed by atoms with Crippen LogP contribution in [0.1, 0.15) is 69.8 Å². The number of aryl methyl sites for hydroxylation is 1. The van der Waals surface area contributed by atoms with Crippen LogP contribution in [0.2, 0.25) is 0 Å². The maximum absolute atomic E-state index is 11.2. The van der Waals surface area contributed by atoms with Gasteiger partial charge in [0.25, 0.3) is 0 Å². The molecule has 0 unspecified atom stereocenters. The van der Waals surface area contributed by atoms with E-state index in [0.717, 1.165) is 12.2 Å². The van der Waals surface area contributed by atoms with Gasteiger partial charge >= 0.3 is 0 Å². The van der Waals surface area contributed by atoms with E-state index < -0.39 is 5.69 Å². The zero-order valence-electron chi connectivity index (χ0n) is 15.2. The van der Waals surface area contributed by atoms with Gasteiger partial charge in [-0.3, -0.25) is 0 Å². The molecule has 1 aromatic rings. The van der Waals surface area contributed by atoms with Crippen molar-refractivity contribution in [2.45, 2.75) is 81.1 Å². The molecule has 3 rings (SSSR count). The van der Waals surface area contributed by atoms with Crippen LogP contribution >= 0.6 is 17.1 Å². The summed E-state index contributed by atoms with van der Waals surface area (Å²) in [7, 11) is -0.180. The topological polar surface area (TPSA) is 40.5 Å². The molecular weight excluding hydrogens is 367 g/mol. The molecule has 0 saturated heterocycles. The summed E-state index contributed by atoms with van der Waals surface area (Å²) >= 11 is 1.50. The standard InChI is InChI=1S/C20H33O2PS2/c21-23(22,24-17-16-18-10-4-1-5-11-18)25(19-12-6-2-7-13-19)20-14-8-3-9-15-20/h1,4-5,10-11,19-22H,2-3,6-9,12-17H2. The Balaban J connectivity index is 1.74. The zero-order chi connectivity index (χ0) is 17.5. The van der Waals surface area contributed by atoms with E-state index >= 15 is 0 Å². The predicted octanol–water partition coefficient (Wildman–Crippen LogP) is 5.91. The van der Waals surface area contributed by atoms with Crippen molar-refractivity contribution >= 4 is 27.1 Å². The van der Waals surface area contributed by atoms with Crippen LogP contribution < -0.4 is 0 Å². The van der Waals surface area contributed by atoms with Gasteiger partial charge in [0.05, 0.1) is 0 Å². The highest BCUT2D eigenvalue weighted by molar-refractivity contribution is 8.72. The third kappa shape index (κ3) is 5.87. The fourth-order valence-electron chi connectivity index (χ4n) is 4.26. The Morgan fingerprint density at radius 2 is 1.36 bits per heavy atom. The molecule has 2 saturated carbocycles. The maximum atomic E-state index is 11.2. The number of hydrogen-bond donors (Lipinski definition) is 2. The highest BCUT2D eigenvalue weighted by Gasteiger charge is 2.32. The van der Waals surface area contributed by atoms with Gasteiger partial charge in [-0.25, -0.2) is 0 Å². The monoisotopic (exact) mass is 400 g/mol. The Kier molecular flexibility index (Phi) is 8.00. The van der Waals surface area contributed by atoms with Gasteiger partial charge in [-0.15, -0.1) is 10.1 Å². The second-order valence-corrected chi connectivity index (χ2v) is 16.9. The van der Waals surface area contributed by atoms with Crippen LogP contribution in [0.25, 0.3) is 0 Å². The lowest BCUT2D eigenvalue weighted by Gasteiger charge is -2.36. The summed E-state index contributed by atoms with van der Waals surface area (Å²) in [5.74, 6) is 0.827. The van der Waals surface area contributed by atoms with Gasteiger partial charge in [-0.1, -0.05) is 80.2 Å². The van der Waals surface area contributed by atoms with E-state index in [-0.39, 0.29) is 10.1 Å². The Morgan fingerprint density at radius 1 is 0.840 bits per heavy atom. The van der Waals surface area contributed by atoms with Gasteiger partial charge < -0.3 is 9.79 Å². The summed E-state index contributed by atoms with van der Waals surface area (Å²) in [4.78, 5) is 22.4. The first-order chi connectivity index (χ1) is 12.2. The summed E-state index contributed by atoms with van der Waals surface area (Å²) in [6.07, 6.45) is 13.6. The molecule has 1 aromatic carbocycles. The average molecular weight is 401 g/mol. The Labute approximate surface area is 159 Å². The van der Waals surface area contributed by atoms with E-state index in [4.69, 9.17) is 0 Å². The van der Waals surface area contributed by atoms with E-state index in [2.05, 4.69) is 24.3 Å². The molecule has 2 aliphatic rings. The van der Waals surface area contributed by atoms with E-state index in [1.54, 1.807) is 0 Å². The van der Waals surface area contributed by atoms with Crippen LogP contribution in [0.5, 0.6) is 0 Å². The van der Waals surface area contributed by atoms with Gasteiger partial charge in [-0.05, 0) is 37.7 Å². The van der Waals surface area contributed by atoms with E-state index in [0.29, 0.717) is 10.5 Å². The van der Waals surface area contributed by atoms with E-state index in [9.17, 15) is 9.79 Å². The molecule has 0 aliphatic heterocycles. The molecule has 2 fully saturated rings. The smallest absolute Gasteiger partial charge is 0.202 e. The van der Waals surface area contributed by atoms with Gasteiger partial charge in [-0.2, -0.15) is 0 Å². The van der Waals surface area contributed by atoms with Crippen molar-refractivity contribution in [3.8, 4) is 0 Å². The molecule has 0 bridgehead atoms. The summed E-state index contributed by atoms with van der Waals surface area (Å²) in [5.41, 5.74) is -1.59. The molecule has 2 N–H and O–H groups in total. The fraction of sp³-hybridized carbons (Fsp3) is 0.700. The Bertz CT molecular complexity index is 553. The molecule has 0 aromatic heterocycles. The third-order valence-electron chi connectivity index (χ3n) is 5.56. The van der Waals surface area contributed by atoms with Gasteiger partial charge in [0, 0.05) is 16.3 Å². The van der Waals surface area contributed by atoms with Crippen molar-refractivity contribution in [2.24, 2.45) is 0 Å². The van der Waals surface area contributed by atoms with Crippen molar-refractivity contribution in [3.63, 3.8) is 0 Å². The first-order valence-electron chi connectivity index (χ1n) is 9.92. The third-order valence-corrected chi connectivity index (χ3v) is 16.6. The van der Waals surface area contributed by atoms with E-state index in [1.807, 2.05) is 6.07 Å². The Morgan fingerprint density at radius 3 is 1.88 bits per heavy atom. The number of benzene rings is 1. The summed E-state index contributed by atoms with van der Waals surface area (Å²) in [6.45, 7) is 0. The van der Waals surface area contributed by atoms with Crippen LogP contribution in [-0.2, 0) is 16.5 Å². The molecule has 2 aliphatic carbocycles. The minimum Gasteiger partial charge on any atom is -0.341 e. The van der Waals surface area contributed by atoms with Gasteiger partial charge in [0.2, 0.25) is 5.69 Å². The molecule has 2 nitrogen and oxygen atoms in total. The second kappa shape index (κ2) is 9.99. The molecule has 0 heterocycles. The van der Waals surface area contributed by atoms with Crippen LogP contribution in [0.15, 0.2) is 30.3 Å². The average Bonchev–Trinajstić information content (AvgIpc) is 2.64. The van der Waals surface area contributed by atoms with E-state index in [1.165, 1.54) is 81.2 Å². The van der Waals surface area contributed by atoms with Crippen molar-refractivity contribution in [1.29, 1.82) is 0 Å². The molecule has 0 spiro atoms. The summed E-state index contributed by atoms with van der Waals surface area (Å²) in [5, 5.41) is 1.15. The predicted molar refractivity (Wildman–Crippen MR) is 115 cm³/mol. The quantitative estimate of drug-likeness (QED) is 0.583. The Hall–Kier alpha value is 0.270. The summed E-state index contributed by atoms with van der Waals surface area (Å²) < 4.78 is 0. The van der Waals surface area contributed by atoms with Gasteiger partial charge in [0.1, 0.15) is 0 Å². The molecular formula is C20H33O2PS2. The van der Waals surface area contributed by atoms with Crippen molar-refractivity contribution in [3.05, 3.63) is 35.9 Å². The maximum Gasteiger partial charge on any atom is 0.202 e. The zero-order valence-corrected chi connectivity index (χ0v) is 17.7. The van der Waals surface area contributed by atoms with Gasteiger partial charge in [0.15, 0.2) is 0 Å². The van der Waals surface area contributed by atoms with Crippen molar-refractivity contribution in [2.75, 3.05) is 5.75 Å². The second-order valence-electron chi connectivity index (χ2n) is 7.43. The molecule has 5 heteroatoms. The number of rotatable bonds is 6. The first kappa shape index (κ1) is 20.0. The lowest BCUT2D eigenvalue weighted by molar-refractivity contribution is 0.483. The summed E-state index contributed by atoms with van der Waals surface area (Å²) in [6, 6.07) is 10.4. The molecule has 0 amide bonds. The highest BCUT2D eigenvalue weighted by Crippen LogP contribution is 2.59. The molecule has 0 atom stereocenters. The highest BCUT2D eigenvalue weighted by atomic mass is 32.9. The van der Waals surface area contributed by atoms with Crippen molar-refractivity contribution < 1.29 is 9.79 Å². The fourth-order valence-corrected chi connectivity index (χ4v) is 16.8. The normalized spacial score (nSPS) is 20.9. The van der Waals surface area contributed by atoms with Crippen LogP contribution in [0, 0.1) is 0 Å². The molecule has 25 heavy (non-hydrogen) atoms. The first-order valence-corrected chi connectivity index (χ1v) is 15.2. The van der Waals surface area contributed by atoms with Crippen molar-refractivity contribution in [1.82, 2.24) is 0 Å². The largest absolute Gasteiger partial charge is 0.341 e. The molecule has 0 radical (unpaired) electrons. The lowest BCUT2D eigenvalue weighted by atomic mass is 10.00. The SMILES string of the molecule is OP(O)(SCCc1ccccc1)=S(C1CCCCC1)C1CCCCC1. The van der Waals surface area contributed by atoms with Crippen LogP contribution in [0.3, 0.4) is 0 Å². The van der Waals surface area contributed by atoms with Crippen LogP contribution in [-0.4, -0.2) is 26.0 Å². The minimum absolute atomic E-state index is 0.180. The molecule has 142 valence electrons. The van der Waals surface area contributed by atoms with Crippen LogP contribution in [0.4, 0.5) is 0 Å². The lowest BCUT2D eigenvalue weighted by Crippen LogP contribution is -2.30. The number of hydrogen-bond acceptors (Lipinski definition) is 1. The minimum atomic E-state index is -2.88.